The number of ketones is 1. The van der Waals surface area contributed by atoms with Crippen LogP contribution in [0.25, 0.3) is 11.3 Å². The maximum Gasteiger partial charge on any atom is 0.293 e. The van der Waals surface area contributed by atoms with E-state index in [1.165, 1.54) is 25.3 Å². The van der Waals surface area contributed by atoms with Crippen LogP contribution in [0.5, 0.6) is 0 Å². The summed E-state index contributed by atoms with van der Waals surface area (Å²) in [5, 5.41) is 18.1. The third kappa shape index (κ3) is 3.14. The second-order valence-corrected chi connectivity index (χ2v) is 5.14. The average Bonchev–Trinajstić information content (AvgIpc) is 3.09. The molecule has 24 heavy (non-hydrogen) atoms. The number of hydrogen-bond donors (Lipinski definition) is 1. The fraction of sp³-hybridized carbons (Fsp3) is 0.0588. The van der Waals surface area contributed by atoms with Crippen molar-refractivity contribution in [2.24, 2.45) is 0 Å². The lowest BCUT2D eigenvalue weighted by Crippen LogP contribution is -2.00. The van der Waals surface area contributed by atoms with E-state index in [0.29, 0.717) is 22.6 Å². The van der Waals surface area contributed by atoms with Crippen molar-refractivity contribution in [3.05, 3.63) is 70.5 Å². The van der Waals surface area contributed by atoms with E-state index in [0.717, 1.165) is 5.56 Å². The molecule has 0 amide bonds. The Morgan fingerprint density at radius 2 is 2.04 bits per heavy atom. The van der Waals surface area contributed by atoms with E-state index >= 15 is 0 Å². The van der Waals surface area contributed by atoms with Gasteiger partial charge in [-0.05, 0) is 31.2 Å². The average molecular weight is 323 g/mol. The molecule has 3 aromatic rings. The summed E-state index contributed by atoms with van der Waals surface area (Å²) < 4.78 is 4.82. The van der Waals surface area contributed by atoms with Gasteiger partial charge in [0.05, 0.1) is 4.92 Å². The number of rotatable bonds is 5. The molecular formula is C17H13N3O4. The van der Waals surface area contributed by atoms with Gasteiger partial charge in [-0.2, -0.15) is 0 Å². The summed E-state index contributed by atoms with van der Waals surface area (Å²) in [6.45, 7) is 1.37. The molecule has 0 spiro atoms. The van der Waals surface area contributed by atoms with Gasteiger partial charge >= 0.3 is 0 Å². The summed E-state index contributed by atoms with van der Waals surface area (Å²) in [5.74, 6) is -0.224. The molecule has 7 heteroatoms. The third-order valence-electron chi connectivity index (χ3n) is 3.48. The van der Waals surface area contributed by atoms with E-state index < -0.39 is 4.92 Å². The quantitative estimate of drug-likeness (QED) is 0.429. The largest absolute Gasteiger partial charge is 0.364 e. The normalized spacial score (nSPS) is 10.4. The van der Waals surface area contributed by atoms with Crippen LogP contribution >= 0.6 is 0 Å². The summed E-state index contributed by atoms with van der Waals surface area (Å²) in [7, 11) is 0. The Hall–Kier alpha value is -3.48. The third-order valence-corrected chi connectivity index (χ3v) is 3.48. The number of aromatic nitrogens is 1. The number of carbonyl (C=O) groups excluding carboxylic acids is 1. The SMILES string of the molecule is CC(=O)c1ccc(Nc2cccc(-c3ccon3)c2)c([N+](=O)[O-])c1. The zero-order valence-corrected chi connectivity index (χ0v) is 12.7. The summed E-state index contributed by atoms with van der Waals surface area (Å²) in [5.41, 5.74) is 2.59. The second kappa shape index (κ2) is 6.33. The Labute approximate surface area is 137 Å². The van der Waals surface area contributed by atoms with Crippen LogP contribution < -0.4 is 5.32 Å². The molecule has 7 nitrogen and oxygen atoms in total. The van der Waals surface area contributed by atoms with E-state index in [2.05, 4.69) is 10.5 Å². The molecule has 0 bridgehead atoms. The molecule has 3 rings (SSSR count). The van der Waals surface area contributed by atoms with Gasteiger partial charge in [-0.15, -0.1) is 0 Å². The van der Waals surface area contributed by atoms with Crippen LogP contribution in [0, 0.1) is 10.1 Å². The van der Waals surface area contributed by atoms with Crippen molar-refractivity contribution in [1.82, 2.24) is 5.16 Å². The fourth-order valence-electron chi connectivity index (χ4n) is 2.28. The lowest BCUT2D eigenvalue weighted by atomic mass is 10.1. The highest BCUT2D eigenvalue weighted by molar-refractivity contribution is 5.95. The Balaban J connectivity index is 1.95. The first-order valence-corrected chi connectivity index (χ1v) is 7.12. The van der Waals surface area contributed by atoms with Crippen molar-refractivity contribution in [1.29, 1.82) is 0 Å². The van der Waals surface area contributed by atoms with E-state index in [1.807, 2.05) is 12.1 Å². The first kappa shape index (κ1) is 15.4. The minimum absolute atomic E-state index is 0.158. The topological polar surface area (TPSA) is 98.3 Å². The number of nitro benzene ring substituents is 1. The highest BCUT2D eigenvalue weighted by Gasteiger charge is 2.16. The number of nitrogens with zero attached hydrogens (tertiary/aromatic N) is 2. The molecule has 0 aliphatic rings. The smallest absolute Gasteiger partial charge is 0.293 e. The van der Waals surface area contributed by atoms with Crippen molar-refractivity contribution in [2.45, 2.75) is 6.92 Å². The standard InChI is InChI=1S/C17H13N3O4/c1-11(21)12-5-6-16(17(10-12)20(22)23)18-14-4-2-3-13(9-14)15-7-8-24-19-15/h2-10,18H,1H3. The Morgan fingerprint density at radius 1 is 1.21 bits per heavy atom. The summed E-state index contributed by atoms with van der Waals surface area (Å²) in [6.07, 6.45) is 1.47. The van der Waals surface area contributed by atoms with Crippen LogP contribution in [0.15, 0.2) is 59.3 Å². The molecule has 0 atom stereocenters. The van der Waals surface area contributed by atoms with Gasteiger partial charge in [-0.3, -0.25) is 14.9 Å². The zero-order valence-electron chi connectivity index (χ0n) is 12.7. The molecular weight excluding hydrogens is 310 g/mol. The maximum atomic E-state index is 11.4. The van der Waals surface area contributed by atoms with Gasteiger partial charge in [-0.1, -0.05) is 17.3 Å². The van der Waals surface area contributed by atoms with Crippen LogP contribution in [0.4, 0.5) is 17.1 Å². The van der Waals surface area contributed by atoms with Gasteiger partial charge in [0.15, 0.2) is 5.78 Å². The number of Topliss-reactive ketones (excluding diaryl/α,β-unsaturated/α-hetero) is 1. The van der Waals surface area contributed by atoms with Crippen LogP contribution in [0.2, 0.25) is 0 Å². The number of hydrogen-bond acceptors (Lipinski definition) is 6. The molecule has 1 heterocycles. The highest BCUT2D eigenvalue weighted by Crippen LogP contribution is 2.30. The molecule has 120 valence electrons. The predicted molar refractivity (Wildman–Crippen MR) is 88.3 cm³/mol. The van der Waals surface area contributed by atoms with Gasteiger partial charge in [-0.25, -0.2) is 0 Å². The number of benzene rings is 2. The van der Waals surface area contributed by atoms with Gasteiger partial charge < -0.3 is 9.84 Å². The summed E-state index contributed by atoms with van der Waals surface area (Å²) in [6, 6.07) is 13.3. The van der Waals surface area contributed by atoms with Gasteiger partial charge in [0.1, 0.15) is 17.6 Å². The number of nitro groups is 1. The van der Waals surface area contributed by atoms with Gasteiger partial charge in [0.25, 0.3) is 5.69 Å². The number of anilines is 2. The van der Waals surface area contributed by atoms with Gasteiger partial charge in [0, 0.05) is 28.9 Å². The molecule has 0 aliphatic carbocycles. The Bertz CT molecular complexity index is 904. The van der Waals surface area contributed by atoms with Crippen molar-refractivity contribution < 1.29 is 14.2 Å². The molecule has 0 saturated carbocycles. The first-order valence-electron chi connectivity index (χ1n) is 7.12. The van der Waals surface area contributed by atoms with Gasteiger partial charge in [0.2, 0.25) is 0 Å². The van der Waals surface area contributed by atoms with Crippen LogP contribution in [-0.4, -0.2) is 15.9 Å². The predicted octanol–water partition coefficient (Wildman–Crippen LogP) is 4.20. The lowest BCUT2D eigenvalue weighted by Gasteiger charge is -2.09. The van der Waals surface area contributed by atoms with Crippen LogP contribution in [0.3, 0.4) is 0 Å². The van der Waals surface area contributed by atoms with Crippen molar-refractivity contribution >= 4 is 22.8 Å². The Kier molecular flexibility index (Phi) is 4.07. The molecule has 0 saturated heterocycles. The molecule has 0 unspecified atom stereocenters. The molecule has 0 aliphatic heterocycles. The van der Waals surface area contributed by atoms with Crippen molar-refractivity contribution in [3.63, 3.8) is 0 Å². The monoisotopic (exact) mass is 323 g/mol. The molecule has 1 aromatic heterocycles. The Morgan fingerprint density at radius 3 is 2.71 bits per heavy atom. The summed E-state index contributed by atoms with van der Waals surface area (Å²) >= 11 is 0. The van der Waals surface area contributed by atoms with E-state index in [9.17, 15) is 14.9 Å². The van der Waals surface area contributed by atoms with E-state index in [4.69, 9.17) is 4.52 Å². The first-order chi connectivity index (χ1) is 11.5. The fourth-order valence-corrected chi connectivity index (χ4v) is 2.28. The summed E-state index contributed by atoms with van der Waals surface area (Å²) in [4.78, 5) is 22.2. The minimum Gasteiger partial charge on any atom is -0.364 e. The van der Waals surface area contributed by atoms with Crippen LogP contribution in [-0.2, 0) is 0 Å². The molecule has 1 N–H and O–H groups in total. The highest BCUT2D eigenvalue weighted by atomic mass is 16.6. The maximum absolute atomic E-state index is 11.4. The van der Waals surface area contributed by atoms with E-state index in [-0.39, 0.29) is 11.5 Å². The van der Waals surface area contributed by atoms with Crippen LogP contribution in [0.1, 0.15) is 17.3 Å². The zero-order chi connectivity index (χ0) is 17.1. The lowest BCUT2D eigenvalue weighted by molar-refractivity contribution is -0.383. The molecule has 2 aromatic carbocycles. The number of nitrogens with one attached hydrogen (secondary N) is 1. The second-order valence-electron chi connectivity index (χ2n) is 5.14. The van der Waals surface area contributed by atoms with E-state index in [1.54, 1.807) is 24.3 Å². The molecule has 0 radical (unpaired) electrons. The molecule has 0 fully saturated rings. The van der Waals surface area contributed by atoms with Crippen molar-refractivity contribution in [3.8, 4) is 11.3 Å². The number of carbonyl (C=O) groups is 1. The van der Waals surface area contributed by atoms with Crippen molar-refractivity contribution in [2.75, 3.05) is 5.32 Å². The minimum atomic E-state index is -0.518.